The van der Waals surface area contributed by atoms with E-state index in [1.165, 1.54) is 19.2 Å². The molecule has 8 nitrogen and oxygen atoms in total. The Hall–Kier alpha value is -1.08. The van der Waals surface area contributed by atoms with Gasteiger partial charge < -0.3 is 19.3 Å². The number of Topliss-reactive ketones (excluding diaryl/α,β-unsaturated/α-hetero) is 1. The van der Waals surface area contributed by atoms with Gasteiger partial charge in [0.2, 0.25) is 5.88 Å². The second kappa shape index (κ2) is 9.61. The molecule has 1 aromatic heterocycles. The maximum atomic E-state index is 13.5. The van der Waals surface area contributed by atoms with Crippen LogP contribution in [-0.4, -0.2) is 44.6 Å². The first-order chi connectivity index (χ1) is 12.8. The third-order valence-corrected chi connectivity index (χ3v) is 5.28. The molecule has 144 valence electrons. The van der Waals surface area contributed by atoms with Crippen LogP contribution in [0.5, 0.6) is 11.6 Å². The van der Waals surface area contributed by atoms with E-state index in [-0.39, 0.29) is 106 Å². The molecule has 1 aliphatic rings. The molecule has 0 amide bonds. The number of rotatable bonds is 5. The van der Waals surface area contributed by atoms with Crippen LogP contribution in [0.1, 0.15) is 16.8 Å². The Kier molecular flexibility index (Phi) is 7.96. The Bertz CT molecular complexity index is 986. The first kappa shape index (κ1) is 23.2. The van der Waals surface area contributed by atoms with Crippen LogP contribution >= 0.6 is 0 Å². The van der Waals surface area contributed by atoms with Crippen molar-refractivity contribution in [3.8, 4) is 11.6 Å². The quantitative estimate of drug-likeness (QED) is 0.613. The smallest absolute Gasteiger partial charge is 0.571 e. The Morgan fingerprint density at radius 2 is 2.14 bits per heavy atom. The van der Waals surface area contributed by atoms with Gasteiger partial charge in [-0.05, 0) is 18.2 Å². The number of aromatic nitrogens is 1. The van der Waals surface area contributed by atoms with Gasteiger partial charge >= 0.3 is 51.4 Å². The fraction of sp³-hybridized carbons (Fsp3) is 0.294. The van der Waals surface area contributed by atoms with Crippen molar-refractivity contribution in [3.63, 3.8) is 0 Å². The fourth-order valence-corrected chi connectivity index (χ4v) is 3.73. The van der Waals surface area contributed by atoms with Gasteiger partial charge in [-0.25, -0.2) is 17.8 Å². The van der Waals surface area contributed by atoms with Gasteiger partial charge in [-0.2, -0.15) is 0 Å². The summed E-state index contributed by atoms with van der Waals surface area (Å²) in [4.78, 5) is 15.8. The van der Waals surface area contributed by atoms with Crippen LogP contribution < -0.4 is 60.9 Å². The molecule has 1 aromatic carbocycles. The normalized spacial score (nSPS) is 16.2. The number of ether oxygens (including phenoxy) is 2. The number of hydrogen-bond acceptors (Lipinski definition) is 7. The van der Waals surface area contributed by atoms with Crippen molar-refractivity contribution in [3.05, 3.63) is 46.6 Å². The van der Waals surface area contributed by atoms with Crippen LogP contribution in [0.4, 0.5) is 10.1 Å². The number of halogens is 1. The molecule has 0 radical (unpaired) electrons. The number of carbonyl (C=O) groups excluding carboxylic acids is 1. The van der Waals surface area contributed by atoms with Crippen LogP contribution in [0.25, 0.3) is 4.72 Å². The first-order valence-corrected chi connectivity index (χ1v) is 9.36. The molecule has 28 heavy (non-hydrogen) atoms. The number of methoxy groups -OCH3 is 1. The zero-order valence-electron chi connectivity index (χ0n) is 15.3. The Morgan fingerprint density at radius 3 is 2.82 bits per heavy atom. The second-order valence-electron chi connectivity index (χ2n) is 5.89. The van der Waals surface area contributed by atoms with Crippen LogP contribution in [0.15, 0.2) is 35.4 Å². The molecule has 0 aliphatic carbocycles. The molecule has 1 aliphatic heterocycles. The van der Waals surface area contributed by atoms with Gasteiger partial charge in [-0.1, -0.05) is 6.07 Å². The van der Waals surface area contributed by atoms with Crippen LogP contribution in [0.3, 0.4) is 0 Å². The van der Waals surface area contributed by atoms with Crippen molar-refractivity contribution in [2.75, 3.05) is 20.3 Å². The second-order valence-corrected chi connectivity index (χ2v) is 7.47. The van der Waals surface area contributed by atoms with E-state index in [4.69, 9.17) is 9.47 Å². The Labute approximate surface area is 203 Å². The van der Waals surface area contributed by atoms with E-state index < -0.39 is 20.7 Å². The van der Waals surface area contributed by atoms with Crippen molar-refractivity contribution in [2.24, 2.45) is 5.92 Å². The van der Waals surface area contributed by atoms with Crippen molar-refractivity contribution >= 4 is 21.5 Å². The number of benzene rings is 1. The molecular weight excluding hydrogens is 418 g/mol. The van der Waals surface area contributed by atoms with Crippen LogP contribution in [0, 0.1) is 11.7 Å². The van der Waals surface area contributed by atoms with E-state index in [2.05, 4.69) is 9.71 Å². The minimum absolute atomic E-state index is 0. The molecule has 0 fully saturated rings. The van der Waals surface area contributed by atoms with Gasteiger partial charge in [-0.15, -0.1) is 5.69 Å². The van der Waals surface area contributed by atoms with Gasteiger partial charge in [0.15, 0.2) is 5.78 Å². The molecule has 0 unspecified atom stereocenters. The summed E-state index contributed by atoms with van der Waals surface area (Å²) in [6, 6.07) is 4.29. The summed E-state index contributed by atoms with van der Waals surface area (Å²) in [5.41, 5.74) is -0.0342. The number of fused-ring (bicyclic) bond motifs is 1. The maximum absolute atomic E-state index is 13.5. The Balaban J connectivity index is 0.00000280. The van der Waals surface area contributed by atoms with E-state index in [1.807, 2.05) is 0 Å². The Morgan fingerprint density at radius 1 is 1.39 bits per heavy atom. The minimum atomic E-state index is -4.32. The number of aliphatic hydroxyl groups is 1. The number of sulfonamides is 1. The first-order valence-electron chi connectivity index (χ1n) is 7.92. The predicted molar refractivity (Wildman–Crippen MR) is 92.4 cm³/mol. The van der Waals surface area contributed by atoms with E-state index in [0.29, 0.717) is 0 Å². The summed E-state index contributed by atoms with van der Waals surface area (Å²) in [5, 5.41) is 9.23. The largest absolute Gasteiger partial charge is 1.00 e. The summed E-state index contributed by atoms with van der Waals surface area (Å²) < 4.78 is 52.6. The molecule has 0 bridgehead atoms. The van der Waals surface area contributed by atoms with Crippen LogP contribution in [-0.2, 0) is 10.0 Å². The summed E-state index contributed by atoms with van der Waals surface area (Å²) in [5.74, 6) is -1.48. The number of ketones is 1. The minimum Gasteiger partial charge on any atom is -0.571 e. The molecule has 11 heteroatoms. The van der Waals surface area contributed by atoms with E-state index in [0.717, 1.165) is 18.3 Å². The van der Waals surface area contributed by atoms with Gasteiger partial charge in [-0.3, -0.25) is 4.79 Å². The standard InChI is InChI=1S/C17H16FN2O6S.K/c1-25-15-3-2-11(18)5-16(15)27(23,24)20-12-6-13-14(22)4-10(8-21)9-26-17(13)19-7-12;/h2-3,5-7,10,21H,4,8-9H2,1H3;/q-1;+1/t10-;/m0./s1. The van der Waals surface area contributed by atoms with Gasteiger partial charge in [0.25, 0.3) is 0 Å². The molecule has 3 rings (SSSR count). The van der Waals surface area contributed by atoms with Gasteiger partial charge in [0.05, 0.1) is 24.2 Å². The van der Waals surface area contributed by atoms with Crippen molar-refractivity contribution in [1.29, 1.82) is 0 Å². The molecule has 0 saturated heterocycles. The summed E-state index contributed by atoms with van der Waals surface area (Å²) in [7, 11) is -3.07. The summed E-state index contributed by atoms with van der Waals surface area (Å²) in [6.45, 7) is -0.0950. The third kappa shape index (κ3) is 5.09. The van der Waals surface area contributed by atoms with Crippen molar-refractivity contribution in [1.82, 2.24) is 4.98 Å². The molecule has 2 aromatic rings. The molecular formula is C17H16FKN2O6S. The maximum Gasteiger partial charge on any atom is 1.00 e. The van der Waals surface area contributed by atoms with E-state index in [1.54, 1.807) is 0 Å². The molecule has 2 heterocycles. The molecule has 1 atom stereocenters. The summed E-state index contributed by atoms with van der Waals surface area (Å²) >= 11 is 0. The fourth-order valence-electron chi connectivity index (χ4n) is 2.59. The van der Waals surface area contributed by atoms with Crippen molar-refractivity contribution in [2.45, 2.75) is 11.3 Å². The van der Waals surface area contributed by atoms with Crippen molar-refractivity contribution < 1.29 is 83.6 Å². The zero-order chi connectivity index (χ0) is 19.6. The topological polar surface area (TPSA) is 117 Å². The molecule has 0 spiro atoms. The van der Waals surface area contributed by atoms with E-state index in [9.17, 15) is 22.7 Å². The third-order valence-electron chi connectivity index (χ3n) is 3.95. The number of nitrogens with zero attached hydrogens (tertiary/aromatic N) is 2. The predicted octanol–water partition coefficient (Wildman–Crippen LogP) is -0.799. The number of pyridine rings is 1. The average molecular weight is 434 g/mol. The van der Waals surface area contributed by atoms with Gasteiger partial charge in [0, 0.05) is 25.1 Å². The average Bonchev–Trinajstić information content (AvgIpc) is 2.80. The number of aliphatic hydroxyl groups excluding tert-OH is 1. The van der Waals surface area contributed by atoms with Gasteiger partial charge in [0.1, 0.15) is 21.6 Å². The zero-order valence-corrected chi connectivity index (χ0v) is 19.2. The molecule has 1 N–H and O–H groups in total. The molecule has 0 saturated carbocycles. The van der Waals surface area contributed by atoms with E-state index >= 15 is 0 Å². The number of carbonyl (C=O) groups is 1. The summed E-state index contributed by atoms with van der Waals surface area (Å²) in [6.07, 6.45) is 1.17. The van der Waals surface area contributed by atoms with Crippen LogP contribution in [0.2, 0.25) is 0 Å². The SMILES string of the molecule is COc1ccc(F)cc1S(=O)(=O)[N-]c1cnc2c(c1)C(=O)C[C@@H](CO)CO2.[K+]. The number of hydrogen-bond donors (Lipinski definition) is 1. The monoisotopic (exact) mass is 434 g/mol.